The lowest BCUT2D eigenvalue weighted by molar-refractivity contribution is -0.164. The zero-order valence-corrected chi connectivity index (χ0v) is 19.9. The van der Waals surface area contributed by atoms with E-state index in [4.69, 9.17) is 4.74 Å². The van der Waals surface area contributed by atoms with Crippen LogP contribution in [0.4, 0.5) is 13.2 Å². The number of carboxylic acids is 2. The standard InChI is InChI=1S/C26H24F3NO5S/c27-26(28,29)22-21(17-4-2-1-3-5-17)12-20(36-22)15-35-19-8-6-16(7-9-19)14-30-18-10-11-25(13-18,23(31)32)24(33)34/h1-9,12,18,30H,10-11,13-15H2,(H,31,32)(H,33,34). The molecule has 190 valence electrons. The van der Waals surface area contributed by atoms with Gasteiger partial charge in [0.05, 0.1) is 0 Å². The fourth-order valence-corrected chi connectivity index (χ4v) is 5.33. The summed E-state index contributed by atoms with van der Waals surface area (Å²) in [6, 6.07) is 16.7. The van der Waals surface area contributed by atoms with Gasteiger partial charge in [0.15, 0.2) is 5.41 Å². The molecule has 1 aliphatic rings. The first-order valence-electron chi connectivity index (χ1n) is 11.3. The van der Waals surface area contributed by atoms with Crippen molar-refractivity contribution in [3.05, 3.63) is 76.0 Å². The number of benzene rings is 2. The molecule has 3 N–H and O–H groups in total. The Labute approximate surface area is 209 Å². The Bertz CT molecular complexity index is 1210. The zero-order valence-electron chi connectivity index (χ0n) is 19.0. The molecule has 0 amide bonds. The highest BCUT2D eigenvalue weighted by Crippen LogP contribution is 2.43. The fraction of sp³-hybridized carbons (Fsp3) is 0.308. The Hall–Kier alpha value is -3.37. The van der Waals surface area contributed by atoms with Crippen molar-refractivity contribution in [3.8, 4) is 16.9 Å². The van der Waals surface area contributed by atoms with E-state index in [2.05, 4.69) is 5.32 Å². The number of aliphatic carboxylic acids is 2. The second-order valence-corrected chi connectivity index (χ2v) is 9.90. The highest BCUT2D eigenvalue weighted by atomic mass is 32.1. The minimum Gasteiger partial charge on any atom is -0.488 e. The topological polar surface area (TPSA) is 95.9 Å². The van der Waals surface area contributed by atoms with Gasteiger partial charge in [-0.1, -0.05) is 42.5 Å². The van der Waals surface area contributed by atoms with Crippen LogP contribution in [0.15, 0.2) is 60.7 Å². The molecular weight excluding hydrogens is 495 g/mol. The van der Waals surface area contributed by atoms with Crippen molar-refractivity contribution in [1.82, 2.24) is 5.32 Å². The van der Waals surface area contributed by atoms with Crippen molar-refractivity contribution in [2.45, 2.75) is 44.6 Å². The molecule has 2 aromatic carbocycles. The van der Waals surface area contributed by atoms with E-state index in [1.54, 1.807) is 54.6 Å². The first kappa shape index (κ1) is 25.7. The maximum absolute atomic E-state index is 13.6. The van der Waals surface area contributed by atoms with E-state index in [1.165, 1.54) is 6.07 Å². The molecule has 0 radical (unpaired) electrons. The second-order valence-electron chi connectivity index (χ2n) is 8.76. The van der Waals surface area contributed by atoms with Gasteiger partial charge in [0, 0.05) is 23.0 Å². The summed E-state index contributed by atoms with van der Waals surface area (Å²) in [6.07, 6.45) is -3.92. The van der Waals surface area contributed by atoms with Gasteiger partial charge in [-0.3, -0.25) is 9.59 Å². The van der Waals surface area contributed by atoms with E-state index in [9.17, 15) is 33.0 Å². The quantitative estimate of drug-likeness (QED) is 0.309. The van der Waals surface area contributed by atoms with E-state index in [-0.39, 0.29) is 31.1 Å². The van der Waals surface area contributed by atoms with Crippen LogP contribution in [0.5, 0.6) is 5.75 Å². The van der Waals surface area contributed by atoms with Crippen LogP contribution in [0, 0.1) is 5.41 Å². The summed E-state index contributed by atoms with van der Waals surface area (Å²) in [5, 5.41) is 21.9. The molecule has 0 aliphatic heterocycles. The van der Waals surface area contributed by atoms with Gasteiger partial charge in [-0.05, 0) is 48.6 Å². The third-order valence-electron chi connectivity index (χ3n) is 6.36. The molecule has 3 aromatic rings. The second kappa shape index (κ2) is 10.3. The van der Waals surface area contributed by atoms with Gasteiger partial charge in [-0.25, -0.2) is 0 Å². The lowest BCUT2D eigenvalue weighted by atomic mass is 9.86. The molecule has 6 nitrogen and oxygen atoms in total. The number of hydrogen-bond donors (Lipinski definition) is 3. The molecule has 1 saturated carbocycles. The molecule has 1 heterocycles. The summed E-state index contributed by atoms with van der Waals surface area (Å²) in [5.41, 5.74) is -0.235. The van der Waals surface area contributed by atoms with E-state index in [0.717, 1.165) is 5.56 Å². The number of alkyl halides is 3. The van der Waals surface area contributed by atoms with Crippen molar-refractivity contribution in [1.29, 1.82) is 0 Å². The van der Waals surface area contributed by atoms with E-state index in [1.807, 2.05) is 0 Å². The minimum absolute atomic E-state index is 0.00723. The summed E-state index contributed by atoms with van der Waals surface area (Å²) in [5.74, 6) is -2.13. The van der Waals surface area contributed by atoms with Gasteiger partial charge in [0.2, 0.25) is 0 Å². The summed E-state index contributed by atoms with van der Waals surface area (Å²) in [6.45, 7) is 0.410. The number of hydrogen-bond acceptors (Lipinski definition) is 5. The maximum Gasteiger partial charge on any atom is 0.426 e. The molecule has 0 bridgehead atoms. The Kier molecular flexibility index (Phi) is 7.37. The summed E-state index contributed by atoms with van der Waals surface area (Å²) in [7, 11) is 0. The lowest BCUT2D eigenvalue weighted by Crippen LogP contribution is -2.39. The van der Waals surface area contributed by atoms with Crippen LogP contribution < -0.4 is 10.1 Å². The summed E-state index contributed by atoms with van der Waals surface area (Å²) >= 11 is 0.666. The zero-order chi connectivity index (χ0) is 25.9. The highest BCUT2D eigenvalue weighted by molar-refractivity contribution is 7.12. The van der Waals surface area contributed by atoms with Crippen molar-refractivity contribution in [3.63, 3.8) is 0 Å². The van der Waals surface area contributed by atoms with E-state index in [0.29, 0.717) is 40.5 Å². The molecule has 36 heavy (non-hydrogen) atoms. The monoisotopic (exact) mass is 519 g/mol. The molecule has 0 saturated heterocycles. The van der Waals surface area contributed by atoms with Crippen molar-refractivity contribution in [2.75, 3.05) is 0 Å². The summed E-state index contributed by atoms with van der Waals surface area (Å²) < 4.78 is 46.4. The van der Waals surface area contributed by atoms with Crippen LogP contribution in [0.2, 0.25) is 0 Å². The third kappa shape index (κ3) is 5.55. The van der Waals surface area contributed by atoms with E-state index < -0.39 is 28.4 Å². The molecule has 10 heteroatoms. The average molecular weight is 520 g/mol. The number of rotatable bonds is 9. The van der Waals surface area contributed by atoms with Crippen LogP contribution in [0.3, 0.4) is 0 Å². The predicted molar refractivity (Wildman–Crippen MR) is 128 cm³/mol. The van der Waals surface area contributed by atoms with Gasteiger partial charge in [-0.15, -0.1) is 11.3 Å². The molecule has 1 aliphatic carbocycles. The molecular formula is C26H24F3NO5S. The smallest absolute Gasteiger partial charge is 0.426 e. The number of nitrogens with one attached hydrogen (secondary N) is 1. The van der Waals surface area contributed by atoms with Crippen LogP contribution in [0.1, 0.15) is 34.6 Å². The van der Waals surface area contributed by atoms with Crippen LogP contribution in [-0.4, -0.2) is 28.2 Å². The van der Waals surface area contributed by atoms with Crippen LogP contribution in [0.25, 0.3) is 11.1 Å². The lowest BCUT2D eigenvalue weighted by Gasteiger charge is -2.19. The van der Waals surface area contributed by atoms with Gasteiger partial charge >= 0.3 is 18.1 Å². The normalized spacial score (nSPS) is 17.1. The van der Waals surface area contributed by atoms with Crippen molar-refractivity contribution >= 4 is 23.3 Å². The first-order valence-corrected chi connectivity index (χ1v) is 12.1. The highest BCUT2D eigenvalue weighted by Gasteiger charge is 2.51. The first-order chi connectivity index (χ1) is 17.1. The number of carbonyl (C=O) groups is 2. The molecule has 1 unspecified atom stereocenters. The Balaban J connectivity index is 1.35. The third-order valence-corrected chi connectivity index (χ3v) is 7.51. The largest absolute Gasteiger partial charge is 0.488 e. The van der Waals surface area contributed by atoms with E-state index >= 15 is 0 Å². The van der Waals surface area contributed by atoms with Crippen LogP contribution in [-0.2, 0) is 28.9 Å². The molecule has 4 rings (SSSR count). The van der Waals surface area contributed by atoms with Gasteiger partial charge in [0.1, 0.15) is 17.2 Å². The molecule has 1 aromatic heterocycles. The number of thiophene rings is 1. The van der Waals surface area contributed by atoms with Gasteiger partial charge in [0.25, 0.3) is 0 Å². The Morgan fingerprint density at radius 2 is 1.72 bits per heavy atom. The minimum atomic E-state index is -4.46. The number of ether oxygens (including phenoxy) is 1. The van der Waals surface area contributed by atoms with Crippen molar-refractivity contribution in [2.24, 2.45) is 5.41 Å². The number of carboxylic acid groups (broad SMARTS) is 2. The predicted octanol–water partition coefficient (Wildman–Crippen LogP) is 5.81. The molecule has 1 atom stereocenters. The molecule has 1 fully saturated rings. The maximum atomic E-state index is 13.6. The van der Waals surface area contributed by atoms with Gasteiger partial charge < -0.3 is 20.3 Å². The summed E-state index contributed by atoms with van der Waals surface area (Å²) in [4.78, 5) is 22.7. The SMILES string of the molecule is O=C(O)C1(C(=O)O)CCC(NCc2ccc(OCc3cc(-c4ccccc4)c(C(F)(F)F)s3)cc2)C1. The Morgan fingerprint density at radius 1 is 1.06 bits per heavy atom. The van der Waals surface area contributed by atoms with Crippen molar-refractivity contribution < 1.29 is 37.7 Å². The Morgan fingerprint density at radius 3 is 2.31 bits per heavy atom. The number of halogens is 3. The molecule has 0 spiro atoms. The fourth-order valence-electron chi connectivity index (χ4n) is 4.38. The van der Waals surface area contributed by atoms with Crippen LogP contribution >= 0.6 is 11.3 Å². The average Bonchev–Trinajstić information content (AvgIpc) is 3.48. The van der Waals surface area contributed by atoms with Gasteiger partial charge in [-0.2, -0.15) is 13.2 Å².